The highest BCUT2D eigenvalue weighted by Gasteiger charge is 2.38. The van der Waals surface area contributed by atoms with Crippen LogP contribution in [-0.2, 0) is 9.84 Å². The molecule has 0 bridgehead atoms. The number of aliphatic imine (C=N–C) groups is 1. The van der Waals surface area contributed by atoms with E-state index >= 15 is 0 Å². The van der Waals surface area contributed by atoms with Crippen LogP contribution in [-0.4, -0.2) is 69.0 Å². The molecule has 27 heavy (non-hydrogen) atoms. The summed E-state index contributed by atoms with van der Waals surface area (Å²) in [7, 11) is -1.38. The number of nitrogens with zero attached hydrogens (tertiary/aromatic N) is 2. The van der Waals surface area contributed by atoms with Crippen molar-refractivity contribution < 1.29 is 8.42 Å². The number of hydrogen-bond donors (Lipinski definition) is 2. The molecule has 2 aliphatic rings. The summed E-state index contributed by atoms with van der Waals surface area (Å²) in [6, 6.07) is 0. The molecule has 0 radical (unpaired) electrons. The average molecular weight is 515 g/mol. The van der Waals surface area contributed by atoms with Crippen LogP contribution in [0.15, 0.2) is 4.99 Å². The fourth-order valence-corrected chi connectivity index (χ4v) is 4.41. The quantitative estimate of drug-likeness (QED) is 0.324. The summed E-state index contributed by atoms with van der Waals surface area (Å²) in [6.45, 7) is 7.13. The molecule has 8 heteroatoms. The van der Waals surface area contributed by atoms with Crippen molar-refractivity contribution >= 4 is 39.8 Å². The summed E-state index contributed by atoms with van der Waals surface area (Å²) in [4.78, 5) is 7.02. The topological polar surface area (TPSA) is 73.8 Å². The van der Waals surface area contributed by atoms with Crippen LogP contribution < -0.4 is 10.6 Å². The van der Waals surface area contributed by atoms with E-state index in [1.165, 1.54) is 70.7 Å². The third-order valence-corrected chi connectivity index (χ3v) is 8.46. The van der Waals surface area contributed by atoms with Gasteiger partial charge in [-0.1, -0.05) is 25.7 Å². The third kappa shape index (κ3) is 6.73. The molecule has 2 fully saturated rings. The first-order chi connectivity index (χ1) is 12.2. The van der Waals surface area contributed by atoms with Crippen LogP contribution in [0.3, 0.4) is 0 Å². The van der Waals surface area contributed by atoms with Gasteiger partial charge in [-0.2, -0.15) is 0 Å². The molecule has 1 saturated carbocycles. The summed E-state index contributed by atoms with van der Waals surface area (Å²) in [5, 5.41) is 6.72. The number of hydrogen-bond acceptors (Lipinski definition) is 4. The first-order valence-corrected chi connectivity index (χ1v) is 12.0. The summed E-state index contributed by atoms with van der Waals surface area (Å²) < 4.78 is 23.0. The predicted molar refractivity (Wildman–Crippen MR) is 125 cm³/mol. The summed E-state index contributed by atoms with van der Waals surface area (Å²) in [6.07, 6.45) is 11.7. The van der Waals surface area contributed by atoms with E-state index in [1.54, 1.807) is 20.9 Å². The lowest BCUT2D eigenvalue weighted by atomic mass is 9.79. The predicted octanol–water partition coefficient (Wildman–Crippen LogP) is 2.78. The lowest BCUT2D eigenvalue weighted by Gasteiger charge is -2.48. The molecule has 1 aliphatic heterocycles. The van der Waals surface area contributed by atoms with Gasteiger partial charge in [0, 0.05) is 31.9 Å². The maximum Gasteiger partial charge on any atom is 0.191 e. The third-order valence-electron chi connectivity index (χ3n) is 6.30. The fourth-order valence-electron chi connectivity index (χ4n) is 4.08. The van der Waals surface area contributed by atoms with Crippen LogP contribution in [0.5, 0.6) is 0 Å². The first-order valence-electron chi connectivity index (χ1n) is 10.1. The lowest BCUT2D eigenvalue weighted by Crippen LogP contribution is -2.59. The minimum absolute atomic E-state index is 0. The van der Waals surface area contributed by atoms with Crippen molar-refractivity contribution in [1.82, 2.24) is 15.5 Å². The zero-order valence-corrected chi connectivity index (χ0v) is 20.7. The van der Waals surface area contributed by atoms with Gasteiger partial charge >= 0.3 is 0 Å². The number of likely N-dealkylation sites (tertiary alicyclic amines) is 1. The SMILES string of the molecule is CN=C(NCC1(N2CCCCC2)CCCCC1)NCC(C)(C)S(C)(=O)=O.I. The molecule has 0 aromatic rings. The first kappa shape index (κ1) is 24.9. The zero-order chi connectivity index (χ0) is 19.3. The Labute approximate surface area is 183 Å². The van der Waals surface area contributed by atoms with E-state index in [0.717, 1.165) is 6.54 Å². The second-order valence-electron chi connectivity index (χ2n) is 8.64. The monoisotopic (exact) mass is 514 g/mol. The van der Waals surface area contributed by atoms with Crippen molar-refractivity contribution in [2.75, 3.05) is 39.5 Å². The van der Waals surface area contributed by atoms with Gasteiger partial charge in [0.25, 0.3) is 0 Å². The Morgan fingerprint density at radius 2 is 1.59 bits per heavy atom. The summed E-state index contributed by atoms with van der Waals surface area (Å²) >= 11 is 0. The number of piperidine rings is 1. The second-order valence-corrected chi connectivity index (χ2v) is 11.3. The minimum atomic E-state index is -3.12. The molecular formula is C19H39IN4O2S. The van der Waals surface area contributed by atoms with Gasteiger partial charge in [0.1, 0.15) is 0 Å². The van der Waals surface area contributed by atoms with Crippen molar-refractivity contribution in [3.05, 3.63) is 0 Å². The molecule has 2 N–H and O–H groups in total. The largest absolute Gasteiger partial charge is 0.355 e. The lowest BCUT2D eigenvalue weighted by molar-refractivity contribution is 0.0368. The normalized spacial score (nSPS) is 22.0. The van der Waals surface area contributed by atoms with Gasteiger partial charge in [0.05, 0.1) is 4.75 Å². The highest BCUT2D eigenvalue weighted by Crippen LogP contribution is 2.35. The Hall–Kier alpha value is -0.0900. The van der Waals surface area contributed by atoms with Crippen LogP contribution in [0.1, 0.15) is 65.2 Å². The number of halogens is 1. The Balaban J connectivity index is 0.00000364. The zero-order valence-electron chi connectivity index (χ0n) is 17.5. The molecule has 0 spiro atoms. The van der Waals surface area contributed by atoms with Crippen molar-refractivity contribution in [1.29, 1.82) is 0 Å². The Morgan fingerprint density at radius 3 is 2.11 bits per heavy atom. The molecule has 0 atom stereocenters. The number of guanidine groups is 1. The molecule has 0 aromatic heterocycles. The van der Waals surface area contributed by atoms with Crippen molar-refractivity contribution in [3.63, 3.8) is 0 Å². The van der Waals surface area contributed by atoms with Gasteiger partial charge in [0.15, 0.2) is 15.8 Å². The molecule has 0 unspecified atom stereocenters. The van der Waals surface area contributed by atoms with Gasteiger partial charge in [-0.3, -0.25) is 9.89 Å². The summed E-state index contributed by atoms with van der Waals surface area (Å²) in [5.41, 5.74) is 0.225. The molecule has 160 valence electrons. The molecule has 6 nitrogen and oxygen atoms in total. The highest BCUT2D eigenvalue weighted by molar-refractivity contribution is 14.0. The van der Waals surface area contributed by atoms with Gasteiger partial charge in [-0.15, -0.1) is 24.0 Å². The smallest absolute Gasteiger partial charge is 0.191 e. The van der Waals surface area contributed by atoms with Gasteiger partial charge in [0.2, 0.25) is 0 Å². The number of rotatable bonds is 6. The van der Waals surface area contributed by atoms with E-state index in [0.29, 0.717) is 12.5 Å². The molecule has 1 saturated heterocycles. The van der Waals surface area contributed by atoms with Crippen LogP contribution in [0.4, 0.5) is 0 Å². The Morgan fingerprint density at radius 1 is 1.04 bits per heavy atom. The van der Waals surface area contributed by atoms with E-state index in [1.807, 2.05) is 0 Å². The van der Waals surface area contributed by atoms with E-state index in [4.69, 9.17) is 0 Å². The molecule has 0 aromatic carbocycles. The highest BCUT2D eigenvalue weighted by atomic mass is 127. The maximum absolute atomic E-state index is 11.9. The van der Waals surface area contributed by atoms with Crippen molar-refractivity contribution in [3.8, 4) is 0 Å². The van der Waals surface area contributed by atoms with Gasteiger partial charge in [-0.05, 0) is 52.6 Å². The maximum atomic E-state index is 11.9. The molecule has 0 amide bonds. The van der Waals surface area contributed by atoms with Crippen LogP contribution >= 0.6 is 24.0 Å². The van der Waals surface area contributed by atoms with E-state index < -0.39 is 14.6 Å². The summed E-state index contributed by atoms with van der Waals surface area (Å²) in [5.74, 6) is 0.698. The Bertz CT molecular complexity index is 581. The molecular weight excluding hydrogens is 475 g/mol. The average Bonchev–Trinajstić information content (AvgIpc) is 2.62. The van der Waals surface area contributed by atoms with Crippen molar-refractivity contribution in [2.45, 2.75) is 75.5 Å². The second kappa shape index (κ2) is 10.6. The fraction of sp³-hybridized carbons (Fsp3) is 0.947. The number of sulfone groups is 1. The minimum Gasteiger partial charge on any atom is -0.355 e. The van der Waals surface area contributed by atoms with E-state index in [-0.39, 0.29) is 29.5 Å². The van der Waals surface area contributed by atoms with E-state index in [2.05, 4.69) is 20.5 Å². The molecule has 1 aliphatic carbocycles. The van der Waals surface area contributed by atoms with Crippen LogP contribution in [0, 0.1) is 0 Å². The Kier molecular flexibility index (Phi) is 9.81. The number of nitrogens with one attached hydrogen (secondary N) is 2. The van der Waals surface area contributed by atoms with Crippen LogP contribution in [0.25, 0.3) is 0 Å². The van der Waals surface area contributed by atoms with Gasteiger partial charge in [-0.25, -0.2) is 8.42 Å². The molecule has 1 heterocycles. The van der Waals surface area contributed by atoms with E-state index in [9.17, 15) is 8.42 Å². The van der Waals surface area contributed by atoms with Crippen LogP contribution in [0.2, 0.25) is 0 Å². The standard InChI is InChI=1S/C19H38N4O2S.HI/c1-18(2,26(4,24)25)15-21-17(20-3)22-16-19(11-7-5-8-12-19)23-13-9-6-10-14-23;/h5-16H2,1-4H3,(H2,20,21,22);1H. The van der Waals surface area contributed by atoms with Crippen molar-refractivity contribution in [2.24, 2.45) is 4.99 Å². The van der Waals surface area contributed by atoms with Gasteiger partial charge < -0.3 is 10.6 Å². The molecule has 2 rings (SSSR count).